The Morgan fingerprint density at radius 1 is 0.659 bits per heavy atom. The fourth-order valence-electron chi connectivity index (χ4n) is 8.85. The second-order valence-corrected chi connectivity index (χ2v) is 12.1. The molecule has 0 bridgehead atoms. The molecule has 1 N–H and O–H groups in total. The van der Waals surface area contributed by atoms with Crippen molar-refractivity contribution in [3.63, 3.8) is 0 Å². The van der Waals surface area contributed by atoms with Crippen LogP contribution in [0, 0.1) is 5.92 Å². The van der Waals surface area contributed by atoms with Crippen molar-refractivity contribution in [2.45, 2.75) is 22.9 Å². The van der Waals surface area contributed by atoms with Crippen LogP contribution in [0.5, 0.6) is 0 Å². The lowest BCUT2D eigenvalue weighted by Gasteiger charge is -2.42. The van der Waals surface area contributed by atoms with Crippen LogP contribution in [0.2, 0.25) is 0 Å². The van der Waals surface area contributed by atoms with E-state index in [2.05, 4.69) is 9.97 Å². The summed E-state index contributed by atoms with van der Waals surface area (Å²) in [5.41, 5.74) is -3.03. The molecule has 1 fully saturated rings. The number of nitrogens with zero attached hydrogens (tertiary/aromatic N) is 2. The molecule has 4 unspecified atom stereocenters. The van der Waals surface area contributed by atoms with Gasteiger partial charge in [-0.15, -0.1) is 0 Å². The topological polar surface area (TPSA) is 97.2 Å². The van der Waals surface area contributed by atoms with Crippen molar-refractivity contribution in [2.24, 2.45) is 5.92 Å². The molecule has 4 aromatic carbocycles. The molecule has 3 aliphatic carbocycles. The second kappa shape index (κ2) is 8.40. The molecule has 0 aliphatic heterocycles. The molecule has 1 saturated carbocycles. The van der Waals surface area contributed by atoms with Crippen LogP contribution in [0.1, 0.15) is 54.4 Å². The predicted octanol–water partition coefficient (Wildman–Crippen LogP) is 6.14. The minimum absolute atomic E-state index is 0.133. The highest BCUT2D eigenvalue weighted by Gasteiger charge is 2.80. The fourth-order valence-corrected chi connectivity index (χ4v) is 8.85. The standard InChI is InChI=1S/C38H24N2O4/c41-32(28-17-1-3-19-39-28)33-36(26-15-7-11-22-9-5-13-24(30(22)26)34(36)42)21-37(44,29-18-2-4-20-40-29)38(33)27-16-8-12-23-10-6-14-25(31(23)27)35(38)43/h1-20,33,44H,21H2. The molecule has 6 nitrogen and oxygen atoms in total. The van der Waals surface area contributed by atoms with Gasteiger partial charge in [0.1, 0.15) is 16.7 Å². The molecule has 44 heavy (non-hydrogen) atoms. The van der Waals surface area contributed by atoms with E-state index in [1.54, 1.807) is 54.7 Å². The van der Waals surface area contributed by atoms with Gasteiger partial charge in [-0.05, 0) is 56.9 Å². The summed E-state index contributed by atoms with van der Waals surface area (Å²) in [7, 11) is 0. The summed E-state index contributed by atoms with van der Waals surface area (Å²) in [6, 6.07) is 32.6. The maximum absolute atomic E-state index is 15.3. The summed E-state index contributed by atoms with van der Waals surface area (Å²) in [5, 5.41) is 16.6. The molecule has 4 atom stereocenters. The lowest BCUT2D eigenvalue weighted by Crippen LogP contribution is -2.56. The average molecular weight is 573 g/mol. The van der Waals surface area contributed by atoms with Crippen molar-refractivity contribution in [1.29, 1.82) is 0 Å². The number of benzene rings is 4. The highest BCUT2D eigenvalue weighted by atomic mass is 16.3. The van der Waals surface area contributed by atoms with Crippen molar-refractivity contribution in [1.82, 2.24) is 9.97 Å². The zero-order valence-corrected chi connectivity index (χ0v) is 23.4. The number of hydrogen-bond donors (Lipinski definition) is 1. The predicted molar refractivity (Wildman–Crippen MR) is 165 cm³/mol. The third-order valence-electron chi connectivity index (χ3n) is 10.3. The van der Waals surface area contributed by atoms with E-state index in [1.807, 2.05) is 60.7 Å². The molecule has 2 aromatic heterocycles. The number of carbonyl (C=O) groups excluding carboxylic acids is 3. The molecular weight excluding hydrogens is 548 g/mol. The lowest BCUT2D eigenvalue weighted by molar-refractivity contribution is -0.0250. The summed E-state index contributed by atoms with van der Waals surface area (Å²) < 4.78 is 0. The molecule has 9 rings (SSSR count). The Morgan fingerprint density at radius 3 is 1.89 bits per heavy atom. The molecular formula is C38H24N2O4. The second-order valence-electron chi connectivity index (χ2n) is 12.1. The summed E-state index contributed by atoms with van der Waals surface area (Å²) >= 11 is 0. The van der Waals surface area contributed by atoms with Crippen molar-refractivity contribution in [3.8, 4) is 0 Å². The molecule has 6 aromatic rings. The third kappa shape index (κ3) is 2.69. The van der Waals surface area contributed by atoms with Gasteiger partial charge in [0, 0.05) is 29.9 Å². The number of fused-ring (bicyclic) bond motifs is 2. The van der Waals surface area contributed by atoms with Crippen LogP contribution in [0.3, 0.4) is 0 Å². The lowest BCUT2D eigenvalue weighted by atomic mass is 9.58. The van der Waals surface area contributed by atoms with E-state index < -0.39 is 28.1 Å². The number of pyridine rings is 2. The van der Waals surface area contributed by atoms with Gasteiger partial charge in [-0.1, -0.05) is 84.9 Å². The van der Waals surface area contributed by atoms with Crippen LogP contribution < -0.4 is 0 Å². The first-order valence-corrected chi connectivity index (χ1v) is 14.7. The van der Waals surface area contributed by atoms with Gasteiger partial charge in [0.25, 0.3) is 0 Å². The van der Waals surface area contributed by atoms with Gasteiger partial charge in [0.05, 0.1) is 17.0 Å². The minimum Gasteiger partial charge on any atom is -0.382 e. The maximum atomic E-state index is 15.3. The number of aliphatic hydroxyl groups is 1. The smallest absolute Gasteiger partial charge is 0.187 e. The van der Waals surface area contributed by atoms with Crippen LogP contribution in [-0.4, -0.2) is 32.4 Å². The highest BCUT2D eigenvalue weighted by molar-refractivity contribution is 6.28. The summed E-state index contributed by atoms with van der Waals surface area (Å²) in [5.74, 6) is -2.46. The van der Waals surface area contributed by atoms with E-state index in [0.29, 0.717) is 27.6 Å². The molecule has 2 heterocycles. The van der Waals surface area contributed by atoms with Gasteiger partial charge in [-0.3, -0.25) is 24.4 Å². The Bertz CT molecular complexity index is 2240. The molecule has 6 heteroatoms. The van der Waals surface area contributed by atoms with E-state index in [-0.39, 0.29) is 29.4 Å². The van der Waals surface area contributed by atoms with Crippen LogP contribution in [0.15, 0.2) is 122 Å². The van der Waals surface area contributed by atoms with Gasteiger partial charge in [0.2, 0.25) is 0 Å². The van der Waals surface area contributed by atoms with Crippen LogP contribution in [0.4, 0.5) is 0 Å². The molecule has 0 saturated heterocycles. The largest absolute Gasteiger partial charge is 0.382 e. The maximum Gasteiger partial charge on any atom is 0.187 e. The van der Waals surface area contributed by atoms with E-state index in [4.69, 9.17) is 0 Å². The number of Topliss-reactive ketones (excluding diaryl/α,β-unsaturated/α-hetero) is 3. The molecule has 2 spiro atoms. The first-order valence-electron chi connectivity index (χ1n) is 14.7. The quantitative estimate of drug-likeness (QED) is 0.256. The molecule has 3 aliphatic rings. The normalized spacial score (nSPS) is 26.4. The average Bonchev–Trinajstić information content (AvgIpc) is 3.59. The van der Waals surface area contributed by atoms with Crippen LogP contribution >= 0.6 is 0 Å². The zero-order valence-electron chi connectivity index (χ0n) is 23.4. The molecule has 210 valence electrons. The van der Waals surface area contributed by atoms with Crippen LogP contribution in [-0.2, 0) is 16.4 Å². The number of carbonyl (C=O) groups is 3. The summed E-state index contributed by atoms with van der Waals surface area (Å²) in [4.78, 5) is 54.7. The highest BCUT2D eigenvalue weighted by Crippen LogP contribution is 2.71. The summed E-state index contributed by atoms with van der Waals surface area (Å²) in [6.45, 7) is 0. The van der Waals surface area contributed by atoms with E-state index in [0.717, 1.165) is 16.2 Å². The Labute approximate surface area is 252 Å². The first-order chi connectivity index (χ1) is 21.4. The SMILES string of the molecule is O=C(c1ccccn1)C1C2(CC(O)(c3ccccn3)C13C(=O)c1cccc4cccc3c14)C(=O)c1cccc3cccc2c13. The number of hydrogen-bond acceptors (Lipinski definition) is 6. The zero-order chi connectivity index (χ0) is 29.8. The van der Waals surface area contributed by atoms with E-state index in [1.165, 1.54) is 6.20 Å². The summed E-state index contributed by atoms with van der Waals surface area (Å²) in [6.07, 6.45) is 2.90. The fraction of sp³-hybridized carbons (Fsp3) is 0.132. The van der Waals surface area contributed by atoms with Gasteiger partial charge < -0.3 is 5.11 Å². The molecule has 0 radical (unpaired) electrons. The van der Waals surface area contributed by atoms with Crippen molar-refractivity contribution < 1.29 is 19.5 Å². The minimum atomic E-state index is -2.03. The Balaban J connectivity index is 1.48. The Hall–Kier alpha value is -5.33. The number of rotatable bonds is 3. The monoisotopic (exact) mass is 572 g/mol. The Kier molecular flexibility index (Phi) is 4.81. The van der Waals surface area contributed by atoms with Crippen LogP contribution in [0.25, 0.3) is 21.5 Å². The van der Waals surface area contributed by atoms with Gasteiger partial charge in [0.15, 0.2) is 17.3 Å². The number of aromatic nitrogens is 2. The third-order valence-corrected chi connectivity index (χ3v) is 10.3. The number of ketones is 3. The Morgan fingerprint density at radius 2 is 1.25 bits per heavy atom. The van der Waals surface area contributed by atoms with Gasteiger partial charge in [-0.2, -0.15) is 0 Å². The van der Waals surface area contributed by atoms with E-state index in [9.17, 15) is 5.11 Å². The van der Waals surface area contributed by atoms with Gasteiger partial charge >= 0.3 is 0 Å². The van der Waals surface area contributed by atoms with Crippen molar-refractivity contribution in [3.05, 3.63) is 155 Å². The van der Waals surface area contributed by atoms with E-state index >= 15 is 14.4 Å². The van der Waals surface area contributed by atoms with Gasteiger partial charge in [-0.25, -0.2) is 0 Å². The molecule has 0 amide bonds. The first kappa shape index (κ1) is 25.2. The van der Waals surface area contributed by atoms with Crippen molar-refractivity contribution in [2.75, 3.05) is 0 Å². The van der Waals surface area contributed by atoms with Crippen molar-refractivity contribution >= 4 is 38.9 Å².